The zero-order chi connectivity index (χ0) is 11.8. The molecule has 1 aromatic heterocycles. The summed E-state index contributed by atoms with van der Waals surface area (Å²) in [7, 11) is 0. The van der Waals surface area contributed by atoms with Crippen molar-refractivity contribution in [3.05, 3.63) is 18.2 Å². The van der Waals surface area contributed by atoms with E-state index in [4.69, 9.17) is 0 Å². The van der Waals surface area contributed by atoms with E-state index in [2.05, 4.69) is 21.8 Å². The molecule has 4 nitrogen and oxygen atoms in total. The first-order chi connectivity index (χ1) is 8.28. The minimum Gasteiger partial charge on any atom is -0.335 e. The molecule has 2 bridgehead atoms. The standard InChI is InChI=1S/C13H19N3O/c1-2-16-6-5-14-13(16)8-12(17)10-7-9-3-4-11(10)15-9/h5-6,9-11,15H,2-4,7-8H2,1H3. The van der Waals surface area contributed by atoms with Crippen LogP contribution in [0.2, 0.25) is 0 Å². The molecule has 2 saturated heterocycles. The van der Waals surface area contributed by atoms with Gasteiger partial charge in [-0.1, -0.05) is 0 Å². The van der Waals surface area contributed by atoms with Gasteiger partial charge in [0.1, 0.15) is 11.6 Å². The highest BCUT2D eigenvalue weighted by Crippen LogP contribution is 2.34. The van der Waals surface area contributed by atoms with Gasteiger partial charge in [-0.25, -0.2) is 4.98 Å². The Balaban J connectivity index is 1.68. The Kier molecular flexibility index (Phi) is 2.74. The fourth-order valence-corrected chi connectivity index (χ4v) is 3.26. The van der Waals surface area contributed by atoms with Crippen LogP contribution in [0.25, 0.3) is 0 Å². The third-order valence-corrected chi connectivity index (χ3v) is 4.19. The average molecular weight is 233 g/mol. The van der Waals surface area contributed by atoms with Crippen LogP contribution in [0.15, 0.2) is 12.4 Å². The van der Waals surface area contributed by atoms with Crippen LogP contribution in [0.5, 0.6) is 0 Å². The van der Waals surface area contributed by atoms with Crippen molar-refractivity contribution in [2.24, 2.45) is 5.92 Å². The van der Waals surface area contributed by atoms with E-state index in [9.17, 15) is 4.79 Å². The van der Waals surface area contributed by atoms with Gasteiger partial charge in [-0.05, 0) is 26.2 Å². The lowest BCUT2D eigenvalue weighted by molar-refractivity contribution is -0.122. The van der Waals surface area contributed by atoms with Crippen LogP contribution < -0.4 is 5.32 Å². The molecule has 3 heterocycles. The second kappa shape index (κ2) is 4.26. The summed E-state index contributed by atoms with van der Waals surface area (Å²) >= 11 is 0. The highest BCUT2D eigenvalue weighted by molar-refractivity contribution is 5.84. The molecule has 0 amide bonds. The van der Waals surface area contributed by atoms with E-state index < -0.39 is 0 Å². The summed E-state index contributed by atoms with van der Waals surface area (Å²) < 4.78 is 2.05. The van der Waals surface area contributed by atoms with Gasteiger partial charge in [0.05, 0.1) is 6.42 Å². The van der Waals surface area contributed by atoms with Gasteiger partial charge in [0, 0.05) is 36.9 Å². The van der Waals surface area contributed by atoms with Gasteiger partial charge in [-0.3, -0.25) is 4.79 Å². The van der Waals surface area contributed by atoms with E-state index in [1.54, 1.807) is 6.20 Å². The molecule has 0 aliphatic carbocycles. The van der Waals surface area contributed by atoms with E-state index in [-0.39, 0.29) is 5.92 Å². The zero-order valence-electron chi connectivity index (χ0n) is 10.2. The minimum atomic E-state index is 0.232. The largest absolute Gasteiger partial charge is 0.335 e. The molecule has 0 spiro atoms. The summed E-state index contributed by atoms with van der Waals surface area (Å²) in [6.45, 7) is 2.96. The number of nitrogens with zero attached hydrogens (tertiary/aromatic N) is 2. The maximum Gasteiger partial charge on any atom is 0.145 e. The van der Waals surface area contributed by atoms with Crippen molar-refractivity contribution in [3.8, 4) is 0 Å². The Morgan fingerprint density at radius 3 is 3.12 bits per heavy atom. The number of Topliss-reactive ketones (excluding diaryl/α,β-unsaturated/α-hetero) is 1. The third kappa shape index (κ3) is 1.90. The molecule has 92 valence electrons. The lowest BCUT2D eigenvalue weighted by atomic mass is 9.85. The molecule has 0 aromatic carbocycles. The van der Waals surface area contributed by atoms with E-state index in [0.717, 1.165) is 18.8 Å². The Labute approximate surface area is 101 Å². The zero-order valence-corrected chi connectivity index (χ0v) is 10.2. The molecule has 2 aliphatic heterocycles. The highest BCUT2D eigenvalue weighted by Gasteiger charge is 2.42. The molecule has 1 aromatic rings. The molecule has 2 fully saturated rings. The number of imidazole rings is 1. The Morgan fingerprint density at radius 1 is 1.59 bits per heavy atom. The van der Waals surface area contributed by atoms with Crippen LogP contribution in [-0.4, -0.2) is 27.4 Å². The van der Waals surface area contributed by atoms with Gasteiger partial charge in [-0.15, -0.1) is 0 Å². The molecule has 2 aliphatic rings. The summed E-state index contributed by atoms with van der Waals surface area (Å²) in [5, 5.41) is 3.52. The van der Waals surface area contributed by atoms with Crippen LogP contribution in [0.3, 0.4) is 0 Å². The van der Waals surface area contributed by atoms with Crippen LogP contribution in [0.4, 0.5) is 0 Å². The molecular formula is C13H19N3O. The van der Waals surface area contributed by atoms with Crippen molar-refractivity contribution < 1.29 is 4.79 Å². The molecule has 17 heavy (non-hydrogen) atoms. The maximum atomic E-state index is 12.3. The predicted octanol–water partition coefficient (Wildman–Crippen LogP) is 1.16. The SMILES string of the molecule is CCn1ccnc1CC(=O)C1CC2CCC1N2. The number of hydrogen-bond donors (Lipinski definition) is 1. The normalized spacial score (nSPS) is 31.0. The van der Waals surface area contributed by atoms with Crippen molar-refractivity contribution >= 4 is 5.78 Å². The topological polar surface area (TPSA) is 46.9 Å². The summed E-state index contributed by atoms with van der Waals surface area (Å²) in [6, 6.07) is 1.04. The number of aryl methyl sites for hydroxylation is 1. The first-order valence-corrected chi connectivity index (χ1v) is 6.56. The fraction of sp³-hybridized carbons (Fsp3) is 0.692. The smallest absolute Gasteiger partial charge is 0.145 e. The van der Waals surface area contributed by atoms with Crippen molar-refractivity contribution in [3.63, 3.8) is 0 Å². The first-order valence-electron chi connectivity index (χ1n) is 6.56. The quantitative estimate of drug-likeness (QED) is 0.848. The first kappa shape index (κ1) is 11.0. The van der Waals surface area contributed by atoms with Crippen LogP contribution >= 0.6 is 0 Å². The fourth-order valence-electron chi connectivity index (χ4n) is 3.26. The number of carbonyl (C=O) groups is 1. The number of carbonyl (C=O) groups excluding carboxylic acids is 1. The number of fused-ring (bicyclic) bond motifs is 2. The minimum absolute atomic E-state index is 0.232. The van der Waals surface area contributed by atoms with E-state index in [1.807, 2.05) is 6.20 Å². The predicted molar refractivity (Wildman–Crippen MR) is 64.7 cm³/mol. The van der Waals surface area contributed by atoms with Crippen molar-refractivity contribution in [2.75, 3.05) is 0 Å². The summed E-state index contributed by atoms with van der Waals surface area (Å²) in [6.07, 6.45) is 7.68. The van der Waals surface area contributed by atoms with E-state index in [1.165, 1.54) is 12.8 Å². The molecule has 0 radical (unpaired) electrons. The lowest BCUT2D eigenvalue weighted by Crippen LogP contribution is -2.30. The van der Waals surface area contributed by atoms with Gasteiger partial charge in [0.25, 0.3) is 0 Å². The van der Waals surface area contributed by atoms with Crippen molar-refractivity contribution in [1.29, 1.82) is 0 Å². The third-order valence-electron chi connectivity index (χ3n) is 4.19. The molecule has 4 heteroatoms. The van der Waals surface area contributed by atoms with Gasteiger partial charge < -0.3 is 9.88 Å². The average Bonchev–Trinajstić information content (AvgIpc) is 3.03. The lowest BCUT2D eigenvalue weighted by Gasteiger charge is -2.18. The van der Waals surface area contributed by atoms with Gasteiger partial charge in [-0.2, -0.15) is 0 Å². The summed E-state index contributed by atoms with van der Waals surface area (Å²) in [4.78, 5) is 16.6. The molecular weight excluding hydrogens is 214 g/mol. The Morgan fingerprint density at radius 2 is 2.47 bits per heavy atom. The number of rotatable bonds is 4. The molecule has 3 rings (SSSR count). The number of ketones is 1. The maximum absolute atomic E-state index is 12.3. The Bertz CT molecular complexity index is 426. The van der Waals surface area contributed by atoms with Crippen LogP contribution in [-0.2, 0) is 17.8 Å². The monoisotopic (exact) mass is 233 g/mol. The van der Waals surface area contributed by atoms with E-state index in [0.29, 0.717) is 24.3 Å². The molecule has 0 saturated carbocycles. The highest BCUT2D eigenvalue weighted by atomic mass is 16.1. The number of hydrogen-bond acceptors (Lipinski definition) is 3. The Hall–Kier alpha value is -1.16. The number of aromatic nitrogens is 2. The van der Waals surface area contributed by atoms with Crippen LogP contribution in [0, 0.1) is 5.92 Å². The molecule has 3 atom stereocenters. The molecule has 3 unspecified atom stereocenters. The second-order valence-electron chi connectivity index (χ2n) is 5.16. The molecule has 1 N–H and O–H groups in total. The number of nitrogens with one attached hydrogen (secondary N) is 1. The van der Waals surface area contributed by atoms with Gasteiger partial charge in [0.15, 0.2) is 0 Å². The second-order valence-corrected chi connectivity index (χ2v) is 5.16. The summed E-state index contributed by atoms with van der Waals surface area (Å²) in [5.41, 5.74) is 0. The van der Waals surface area contributed by atoms with Crippen LogP contribution in [0.1, 0.15) is 32.0 Å². The van der Waals surface area contributed by atoms with Gasteiger partial charge >= 0.3 is 0 Å². The van der Waals surface area contributed by atoms with Gasteiger partial charge in [0.2, 0.25) is 0 Å². The van der Waals surface area contributed by atoms with Crippen molar-refractivity contribution in [2.45, 2.75) is 51.2 Å². The summed E-state index contributed by atoms with van der Waals surface area (Å²) in [5.74, 6) is 1.52. The van der Waals surface area contributed by atoms with Crippen molar-refractivity contribution in [1.82, 2.24) is 14.9 Å². The van der Waals surface area contributed by atoms with E-state index >= 15 is 0 Å².